The second kappa shape index (κ2) is 7.38. The molecule has 21 heavy (non-hydrogen) atoms. The van der Waals surface area contributed by atoms with E-state index < -0.39 is 10.0 Å². The monoisotopic (exact) mass is 345 g/mol. The van der Waals surface area contributed by atoms with Crippen LogP contribution in [-0.4, -0.2) is 15.0 Å². The second-order valence-electron chi connectivity index (χ2n) is 4.29. The van der Waals surface area contributed by atoms with E-state index in [1.54, 1.807) is 6.07 Å². The Balaban J connectivity index is 2.09. The maximum absolute atomic E-state index is 12.2. The Hall–Kier alpha value is -0.920. The van der Waals surface area contributed by atoms with Crippen LogP contribution in [-0.2, 0) is 27.9 Å². The van der Waals surface area contributed by atoms with Gasteiger partial charge in [-0.15, -0.1) is 11.3 Å². The quantitative estimate of drug-likeness (QED) is 0.836. The van der Waals surface area contributed by atoms with Crippen molar-refractivity contribution < 1.29 is 13.2 Å². The lowest BCUT2D eigenvalue weighted by atomic mass is 10.1. The van der Waals surface area contributed by atoms with Gasteiger partial charge in [0.15, 0.2) is 0 Å². The molecule has 4 nitrogen and oxygen atoms in total. The van der Waals surface area contributed by atoms with E-state index >= 15 is 0 Å². The third-order valence-electron chi connectivity index (χ3n) is 2.85. The summed E-state index contributed by atoms with van der Waals surface area (Å²) in [6.45, 7) is 3.24. The highest BCUT2D eigenvalue weighted by Gasteiger charge is 2.16. The molecular weight excluding hydrogens is 330 g/mol. The summed E-state index contributed by atoms with van der Waals surface area (Å²) in [5.41, 5.74) is 1.88. The number of benzene rings is 1. The van der Waals surface area contributed by atoms with Gasteiger partial charge in [0.05, 0.1) is 10.9 Å². The molecule has 7 heteroatoms. The molecule has 0 aliphatic carbocycles. The fourth-order valence-corrected chi connectivity index (χ4v) is 4.30. The van der Waals surface area contributed by atoms with Gasteiger partial charge in [-0.1, -0.05) is 35.9 Å². The molecule has 0 amide bonds. The zero-order valence-electron chi connectivity index (χ0n) is 11.5. The van der Waals surface area contributed by atoms with Crippen molar-refractivity contribution in [2.24, 2.45) is 0 Å². The first kappa shape index (κ1) is 16.5. The summed E-state index contributed by atoms with van der Waals surface area (Å²) in [4.78, 5) is 0. The lowest BCUT2D eigenvalue weighted by molar-refractivity contribution is 0.133. The summed E-state index contributed by atoms with van der Waals surface area (Å²) >= 11 is 6.81. The molecule has 1 N–H and O–H groups in total. The van der Waals surface area contributed by atoms with Gasteiger partial charge in [-0.05, 0) is 30.2 Å². The van der Waals surface area contributed by atoms with Crippen LogP contribution in [0.4, 0.5) is 0 Å². The molecule has 114 valence electrons. The second-order valence-corrected chi connectivity index (χ2v) is 8.00. The van der Waals surface area contributed by atoms with Crippen molar-refractivity contribution in [1.82, 2.24) is 4.72 Å². The molecular formula is C14H16ClNO3S2. The van der Waals surface area contributed by atoms with Gasteiger partial charge in [-0.25, -0.2) is 13.1 Å². The predicted molar refractivity (Wildman–Crippen MR) is 85.1 cm³/mol. The van der Waals surface area contributed by atoms with Crippen molar-refractivity contribution in [2.45, 2.75) is 24.3 Å². The average molecular weight is 346 g/mol. The Kier molecular flexibility index (Phi) is 5.78. The van der Waals surface area contributed by atoms with E-state index in [2.05, 4.69) is 4.72 Å². The topological polar surface area (TPSA) is 55.4 Å². The van der Waals surface area contributed by atoms with E-state index in [0.717, 1.165) is 22.5 Å². The van der Waals surface area contributed by atoms with Gasteiger partial charge in [0, 0.05) is 13.2 Å². The van der Waals surface area contributed by atoms with E-state index in [1.165, 1.54) is 6.07 Å². The van der Waals surface area contributed by atoms with Crippen LogP contribution < -0.4 is 4.72 Å². The molecule has 0 aliphatic rings. The van der Waals surface area contributed by atoms with Gasteiger partial charge >= 0.3 is 0 Å². The number of hydrogen-bond donors (Lipinski definition) is 1. The number of rotatable bonds is 7. The van der Waals surface area contributed by atoms with Crippen LogP contribution in [0, 0.1) is 0 Å². The first-order chi connectivity index (χ1) is 10.0. The van der Waals surface area contributed by atoms with E-state index in [1.807, 2.05) is 31.2 Å². The minimum Gasteiger partial charge on any atom is -0.377 e. The summed E-state index contributed by atoms with van der Waals surface area (Å²) < 4.78 is 33.0. The van der Waals surface area contributed by atoms with Crippen LogP contribution in [0.2, 0.25) is 4.34 Å². The van der Waals surface area contributed by atoms with Crippen molar-refractivity contribution in [3.8, 4) is 0 Å². The van der Waals surface area contributed by atoms with Gasteiger partial charge in [-0.2, -0.15) is 0 Å². The molecule has 1 aromatic heterocycles. The number of thiophene rings is 1. The minimum absolute atomic E-state index is 0.217. The van der Waals surface area contributed by atoms with Crippen molar-refractivity contribution in [3.63, 3.8) is 0 Å². The average Bonchev–Trinajstić information content (AvgIpc) is 2.91. The molecule has 0 radical (unpaired) electrons. The molecule has 1 aromatic carbocycles. The molecule has 0 fully saturated rings. The molecule has 1 heterocycles. The van der Waals surface area contributed by atoms with Crippen LogP contribution in [0.3, 0.4) is 0 Å². The van der Waals surface area contributed by atoms with Gasteiger partial charge < -0.3 is 4.74 Å². The Bertz CT molecular complexity index is 698. The van der Waals surface area contributed by atoms with Crippen molar-refractivity contribution in [1.29, 1.82) is 0 Å². The third kappa shape index (κ3) is 4.52. The normalized spacial score (nSPS) is 11.7. The summed E-state index contributed by atoms with van der Waals surface area (Å²) in [6.07, 6.45) is 0. The van der Waals surface area contributed by atoms with Crippen LogP contribution in [0.25, 0.3) is 0 Å². The fourth-order valence-electron chi connectivity index (χ4n) is 1.77. The Morgan fingerprint density at radius 3 is 2.52 bits per heavy atom. The molecule has 0 aliphatic heterocycles. The Morgan fingerprint density at radius 1 is 1.19 bits per heavy atom. The molecule has 0 saturated heterocycles. The maximum atomic E-state index is 12.2. The molecule has 0 bridgehead atoms. The Morgan fingerprint density at radius 2 is 1.90 bits per heavy atom. The highest BCUT2D eigenvalue weighted by molar-refractivity contribution is 7.91. The number of hydrogen-bond acceptors (Lipinski definition) is 4. The minimum atomic E-state index is -3.53. The van der Waals surface area contributed by atoms with Gasteiger partial charge in [0.25, 0.3) is 0 Å². The molecule has 0 saturated carbocycles. The van der Waals surface area contributed by atoms with Crippen molar-refractivity contribution in [2.75, 3.05) is 6.61 Å². The van der Waals surface area contributed by atoms with Crippen LogP contribution in [0.15, 0.2) is 40.6 Å². The first-order valence-corrected chi connectivity index (χ1v) is 9.10. The van der Waals surface area contributed by atoms with E-state index in [4.69, 9.17) is 16.3 Å². The van der Waals surface area contributed by atoms with E-state index in [0.29, 0.717) is 17.6 Å². The fraction of sp³-hybridized carbons (Fsp3) is 0.286. The standard InChI is InChI=1S/C14H16ClNO3S2/c1-2-19-10-12-6-4-3-5-11(12)9-16-21(17,18)14-8-7-13(15)20-14/h3-8,16H,2,9-10H2,1H3. The van der Waals surface area contributed by atoms with Crippen molar-refractivity contribution >= 4 is 33.0 Å². The smallest absolute Gasteiger partial charge is 0.250 e. The van der Waals surface area contributed by atoms with Gasteiger partial charge in [0.2, 0.25) is 10.0 Å². The first-order valence-electron chi connectivity index (χ1n) is 6.42. The SMILES string of the molecule is CCOCc1ccccc1CNS(=O)(=O)c1ccc(Cl)s1. The van der Waals surface area contributed by atoms with Crippen LogP contribution in [0.5, 0.6) is 0 Å². The molecule has 0 spiro atoms. The molecule has 0 unspecified atom stereocenters. The molecule has 2 rings (SSSR count). The highest BCUT2D eigenvalue weighted by atomic mass is 35.5. The van der Waals surface area contributed by atoms with E-state index in [9.17, 15) is 8.42 Å². The van der Waals surface area contributed by atoms with E-state index in [-0.39, 0.29) is 10.8 Å². The number of nitrogens with one attached hydrogen (secondary N) is 1. The third-order valence-corrected chi connectivity index (χ3v) is 5.97. The summed E-state index contributed by atoms with van der Waals surface area (Å²) in [5.74, 6) is 0. The van der Waals surface area contributed by atoms with Gasteiger partial charge in [0.1, 0.15) is 4.21 Å². The summed E-state index contributed by atoms with van der Waals surface area (Å²) in [5, 5.41) is 0. The number of sulfonamides is 1. The van der Waals surface area contributed by atoms with Crippen LogP contribution >= 0.6 is 22.9 Å². The number of ether oxygens (including phenoxy) is 1. The largest absolute Gasteiger partial charge is 0.377 e. The highest BCUT2D eigenvalue weighted by Crippen LogP contribution is 2.25. The molecule has 2 aromatic rings. The molecule has 0 atom stereocenters. The summed E-state index contributed by atoms with van der Waals surface area (Å²) in [7, 11) is -3.53. The lowest BCUT2D eigenvalue weighted by Gasteiger charge is -2.10. The van der Waals surface area contributed by atoms with Crippen LogP contribution in [0.1, 0.15) is 18.1 Å². The number of halogens is 1. The van der Waals surface area contributed by atoms with Gasteiger partial charge in [-0.3, -0.25) is 0 Å². The Labute approximate surface area is 133 Å². The summed E-state index contributed by atoms with van der Waals surface area (Å²) in [6, 6.07) is 10.7. The predicted octanol–water partition coefficient (Wildman–Crippen LogP) is 3.42. The maximum Gasteiger partial charge on any atom is 0.250 e. The lowest BCUT2D eigenvalue weighted by Crippen LogP contribution is -2.23. The van der Waals surface area contributed by atoms with Crippen molar-refractivity contribution in [3.05, 3.63) is 51.9 Å². The zero-order valence-corrected chi connectivity index (χ0v) is 13.9. The zero-order chi connectivity index (χ0) is 15.3.